The summed E-state index contributed by atoms with van der Waals surface area (Å²) in [6.07, 6.45) is 0.180. The van der Waals surface area contributed by atoms with Crippen LogP contribution in [-0.4, -0.2) is 11.9 Å². The Morgan fingerprint density at radius 1 is 1.00 bits per heavy atom. The molecule has 0 saturated carbocycles. The average Bonchev–Trinajstić information content (AvgIpc) is 2.53. The van der Waals surface area contributed by atoms with Gasteiger partial charge in [-0.05, 0) is 11.1 Å². The van der Waals surface area contributed by atoms with Gasteiger partial charge < -0.3 is 9.61 Å². The minimum Gasteiger partial charge on any atom is -0.345 e. The smallest absolute Gasteiger partial charge is 0.345 e. The van der Waals surface area contributed by atoms with Crippen molar-refractivity contribution in [3.8, 4) is 0 Å². The van der Waals surface area contributed by atoms with Crippen LogP contribution in [0.1, 0.15) is 17.2 Å². The molecule has 1 atom stereocenters. The van der Waals surface area contributed by atoms with Crippen molar-refractivity contribution in [1.82, 2.24) is 5.32 Å². The van der Waals surface area contributed by atoms with Crippen LogP contribution in [0, 0.1) is 0 Å². The Labute approximate surface area is 127 Å². The molecule has 1 N–H and O–H groups in total. The molecule has 108 valence electrons. The Bertz CT molecular complexity index is 601. The van der Waals surface area contributed by atoms with Crippen molar-refractivity contribution in [2.75, 3.05) is 0 Å². The molecule has 5 heteroatoms. The average molecular weight is 304 g/mol. The largest absolute Gasteiger partial charge is 0.351 e. The first-order valence-electron chi connectivity index (χ1n) is 6.41. The minimum absolute atomic E-state index is 0.180. The van der Waals surface area contributed by atoms with Crippen molar-refractivity contribution in [3.05, 3.63) is 71.8 Å². The van der Waals surface area contributed by atoms with E-state index in [0.717, 1.165) is 5.56 Å². The van der Waals surface area contributed by atoms with E-state index in [1.807, 2.05) is 36.4 Å². The summed E-state index contributed by atoms with van der Waals surface area (Å²) in [7, 11) is 0. The first-order chi connectivity index (χ1) is 10.2. The summed E-state index contributed by atoms with van der Waals surface area (Å²) in [6.45, 7) is 0. The topological polar surface area (TPSA) is 55.4 Å². The van der Waals surface area contributed by atoms with E-state index in [1.165, 1.54) is 0 Å². The zero-order chi connectivity index (χ0) is 15.1. The van der Waals surface area contributed by atoms with Gasteiger partial charge in [0.15, 0.2) is 6.04 Å². The molecule has 2 aromatic rings. The maximum atomic E-state index is 12.1. The quantitative estimate of drug-likeness (QED) is 0.924. The van der Waals surface area contributed by atoms with Gasteiger partial charge in [-0.25, -0.2) is 4.79 Å². The second kappa shape index (κ2) is 7.45. The Morgan fingerprint density at radius 3 is 2.14 bits per heavy atom. The molecule has 0 heterocycles. The SMILES string of the molecule is O=C(Cc1ccccc1)N[C@@H](C(=O)OCl)c1ccccc1. The molecule has 0 aliphatic heterocycles. The maximum absolute atomic E-state index is 12.1. The predicted molar refractivity (Wildman–Crippen MR) is 79.4 cm³/mol. The van der Waals surface area contributed by atoms with Gasteiger partial charge >= 0.3 is 5.97 Å². The molecule has 2 rings (SSSR count). The fourth-order valence-electron chi connectivity index (χ4n) is 1.96. The zero-order valence-electron chi connectivity index (χ0n) is 11.2. The van der Waals surface area contributed by atoms with Gasteiger partial charge in [0, 0.05) is 0 Å². The Morgan fingerprint density at radius 2 is 1.57 bits per heavy atom. The molecule has 0 saturated heterocycles. The van der Waals surface area contributed by atoms with Gasteiger partial charge in [-0.2, -0.15) is 0 Å². The van der Waals surface area contributed by atoms with Crippen LogP contribution in [0.5, 0.6) is 0 Å². The first-order valence-corrected chi connectivity index (χ1v) is 6.72. The van der Waals surface area contributed by atoms with Crippen molar-refractivity contribution in [2.24, 2.45) is 0 Å². The van der Waals surface area contributed by atoms with E-state index in [1.54, 1.807) is 24.3 Å². The van der Waals surface area contributed by atoms with Crippen LogP contribution < -0.4 is 5.32 Å². The van der Waals surface area contributed by atoms with Gasteiger partial charge in [0.05, 0.1) is 6.42 Å². The Balaban J connectivity index is 2.09. The molecule has 2 aromatic carbocycles. The van der Waals surface area contributed by atoms with E-state index in [2.05, 4.69) is 9.61 Å². The predicted octanol–water partition coefficient (Wildman–Crippen LogP) is 2.78. The van der Waals surface area contributed by atoms with E-state index in [0.29, 0.717) is 5.56 Å². The van der Waals surface area contributed by atoms with E-state index in [-0.39, 0.29) is 12.3 Å². The fraction of sp³-hybridized carbons (Fsp3) is 0.125. The van der Waals surface area contributed by atoms with E-state index in [9.17, 15) is 9.59 Å². The van der Waals surface area contributed by atoms with Crippen LogP contribution in [0.4, 0.5) is 0 Å². The number of halogens is 1. The van der Waals surface area contributed by atoms with Crippen LogP contribution in [0.25, 0.3) is 0 Å². The van der Waals surface area contributed by atoms with Crippen molar-refractivity contribution in [3.63, 3.8) is 0 Å². The van der Waals surface area contributed by atoms with Crippen molar-refractivity contribution in [1.29, 1.82) is 0 Å². The second-order valence-corrected chi connectivity index (χ2v) is 4.62. The second-order valence-electron chi connectivity index (χ2n) is 4.47. The molecule has 0 bridgehead atoms. The zero-order valence-corrected chi connectivity index (χ0v) is 11.9. The summed E-state index contributed by atoms with van der Waals surface area (Å²) in [5, 5.41) is 2.63. The Kier molecular flexibility index (Phi) is 5.35. The number of benzene rings is 2. The van der Waals surface area contributed by atoms with E-state index < -0.39 is 12.0 Å². The van der Waals surface area contributed by atoms with Crippen molar-refractivity contribution >= 4 is 23.7 Å². The molecule has 0 spiro atoms. The van der Waals surface area contributed by atoms with Crippen molar-refractivity contribution in [2.45, 2.75) is 12.5 Å². The molecular weight excluding hydrogens is 290 g/mol. The maximum Gasteiger partial charge on any atom is 0.351 e. The lowest BCUT2D eigenvalue weighted by atomic mass is 10.1. The molecule has 21 heavy (non-hydrogen) atoms. The number of carbonyl (C=O) groups is 2. The molecule has 0 aliphatic carbocycles. The lowest BCUT2D eigenvalue weighted by Crippen LogP contribution is -2.35. The number of hydrogen-bond acceptors (Lipinski definition) is 3. The van der Waals surface area contributed by atoms with E-state index in [4.69, 9.17) is 11.9 Å². The number of amides is 1. The molecular formula is C16H14ClNO3. The highest BCUT2D eigenvalue weighted by atomic mass is 35.5. The summed E-state index contributed by atoms with van der Waals surface area (Å²) in [4.78, 5) is 23.8. The lowest BCUT2D eigenvalue weighted by Gasteiger charge is -2.15. The standard InChI is InChI=1S/C16H14ClNO3/c17-21-16(20)15(13-9-5-2-6-10-13)18-14(19)11-12-7-3-1-4-8-12/h1-10,15H,11H2,(H,18,19)/t15-/m1/s1. The monoisotopic (exact) mass is 303 g/mol. The summed E-state index contributed by atoms with van der Waals surface area (Å²) < 4.78 is 4.24. The number of carbonyl (C=O) groups excluding carboxylic acids is 2. The number of rotatable bonds is 5. The van der Waals surface area contributed by atoms with Gasteiger partial charge in [0.25, 0.3) is 0 Å². The molecule has 0 radical (unpaired) electrons. The fourth-order valence-corrected chi connectivity index (χ4v) is 2.05. The van der Waals surface area contributed by atoms with Gasteiger partial charge in [0.2, 0.25) is 5.91 Å². The number of hydrogen-bond donors (Lipinski definition) is 1. The summed E-state index contributed by atoms with van der Waals surface area (Å²) in [6, 6.07) is 17.2. The Hall–Kier alpha value is -2.33. The molecule has 0 aliphatic rings. The van der Waals surface area contributed by atoms with Crippen LogP contribution in [0.2, 0.25) is 0 Å². The van der Waals surface area contributed by atoms with Crippen LogP contribution >= 0.6 is 11.9 Å². The third-order valence-electron chi connectivity index (χ3n) is 2.96. The van der Waals surface area contributed by atoms with Crippen molar-refractivity contribution < 1.29 is 13.9 Å². The minimum atomic E-state index is -0.917. The van der Waals surface area contributed by atoms with Crippen LogP contribution in [0.15, 0.2) is 60.7 Å². The molecule has 1 amide bonds. The summed E-state index contributed by atoms with van der Waals surface area (Å²) in [5.74, 6) is -0.999. The van der Waals surface area contributed by atoms with Crippen LogP contribution in [-0.2, 0) is 20.3 Å². The third-order valence-corrected chi connectivity index (χ3v) is 3.11. The van der Waals surface area contributed by atoms with Gasteiger partial charge in [-0.3, -0.25) is 4.79 Å². The first kappa shape index (κ1) is 15.1. The third kappa shape index (κ3) is 4.33. The number of nitrogens with one attached hydrogen (secondary N) is 1. The molecule has 4 nitrogen and oxygen atoms in total. The van der Waals surface area contributed by atoms with Gasteiger partial charge in [-0.15, -0.1) is 0 Å². The summed E-state index contributed by atoms with van der Waals surface area (Å²) in [5.41, 5.74) is 1.48. The van der Waals surface area contributed by atoms with Crippen LogP contribution in [0.3, 0.4) is 0 Å². The van der Waals surface area contributed by atoms with E-state index >= 15 is 0 Å². The van der Waals surface area contributed by atoms with Gasteiger partial charge in [-0.1, -0.05) is 60.7 Å². The highest BCUT2D eigenvalue weighted by molar-refractivity contribution is 6.14. The molecule has 0 aromatic heterocycles. The summed E-state index contributed by atoms with van der Waals surface area (Å²) >= 11 is 5.14. The highest BCUT2D eigenvalue weighted by Gasteiger charge is 2.24. The molecule has 0 fully saturated rings. The highest BCUT2D eigenvalue weighted by Crippen LogP contribution is 2.15. The van der Waals surface area contributed by atoms with Gasteiger partial charge in [0.1, 0.15) is 11.9 Å². The lowest BCUT2D eigenvalue weighted by molar-refractivity contribution is -0.139. The normalized spacial score (nSPS) is 11.5. The molecule has 0 unspecified atom stereocenters.